The molecule has 0 radical (unpaired) electrons. The Balaban J connectivity index is 1.51. The van der Waals surface area contributed by atoms with Crippen molar-refractivity contribution < 1.29 is 18.0 Å². The second-order valence-corrected chi connectivity index (χ2v) is 11.7. The first-order valence-corrected chi connectivity index (χ1v) is 14.6. The fraction of sp³-hybridized carbons (Fsp3) is 0.100. The summed E-state index contributed by atoms with van der Waals surface area (Å²) < 4.78 is 28.0. The number of carbonyl (C=O) groups excluding carboxylic acids is 2. The molecule has 0 bridgehead atoms. The third kappa shape index (κ3) is 7.52. The molecule has 0 saturated carbocycles. The quantitative estimate of drug-likeness (QED) is 0.172. The Morgan fingerprint density at radius 1 is 0.854 bits per heavy atom. The minimum Gasteiger partial charge on any atom is -0.322 e. The summed E-state index contributed by atoms with van der Waals surface area (Å²) in [5.74, 6) is -0.991. The van der Waals surface area contributed by atoms with Gasteiger partial charge in [0, 0.05) is 21.3 Å². The van der Waals surface area contributed by atoms with Gasteiger partial charge < -0.3 is 5.32 Å². The molecular formula is C30H26Cl2N4O4S. The number of nitrogens with zero attached hydrogens (tertiary/aromatic N) is 2. The maximum Gasteiger partial charge on any atom is 0.264 e. The molecule has 11 heteroatoms. The molecule has 4 rings (SSSR count). The average Bonchev–Trinajstić information content (AvgIpc) is 2.96. The number of carbonyl (C=O) groups is 2. The van der Waals surface area contributed by atoms with Crippen LogP contribution in [0.3, 0.4) is 0 Å². The fourth-order valence-corrected chi connectivity index (χ4v) is 5.60. The zero-order chi connectivity index (χ0) is 29.6. The van der Waals surface area contributed by atoms with E-state index < -0.39 is 22.5 Å². The van der Waals surface area contributed by atoms with E-state index in [1.807, 2.05) is 0 Å². The maximum atomic E-state index is 13.5. The van der Waals surface area contributed by atoms with E-state index in [0.29, 0.717) is 32.6 Å². The molecule has 210 valence electrons. The van der Waals surface area contributed by atoms with E-state index in [2.05, 4.69) is 15.8 Å². The molecule has 0 heterocycles. The first-order chi connectivity index (χ1) is 19.5. The summed E-state index contributed by atoms with van der Waals surface area (Å²) in [7, 11) is -4.10. The molecule has 2 amide bonds. The molecule has 0 unspecified atom stereocenters. The van der Waals surface area contributed by atoms with Gasteiger partial charge in [0.15, 0.2) is 0 Å². The Morgan fingerprint density at radius 3 is 2.27 bits per heavy atom. The molecule has 0 aliphatic heterocycles. The molecule has 2 N–H and O–H groups in total. The number of hydrogen-bond acceptors (Lipinski definition) is 5. The first-order valence-electron chi connectivity index (χ1n) is 12.4. The molecule has 4 aromatic carbocycles. The summed E-state index contributed by atoms with van der Waals surface area (Å²) in [6.07, 6.45) is 0. The number of benzene rings is 4. The second kappa shape index (κ2) is 13.0. The van der Waals surface area contributed by atoms with Gasteiger partial charge in [-0.25, -0.2) is 13.8 Å². The van der Waals surface area contributed by atoms with Crippen molar-refractivity contribution in [2.45, 2.75) is 18.7 Å². The SMILES string of the molecule is C/C(=N\NC(=O)CN(c1ccc(C)c(Cl)c1)S(=O)(=O)c1ccccc1)c1cccc(NC(=O)c2cccc(Cl)c2)c1. The molecule has 0 saturated heterocycles. The van der Waals surface area contributed by atoms with Crippen LogP contribution < -0.4 is 15.0 Å². The van der Waals surface area contributed by atoms with Crippen LogP contribution in [0, 0.1) is 6.92 Å². The zero-order valence-corrected chi connectivity index (χ0v) is 24.5. The smallest absolute Gasteiger partial charge is 0.264 e. The zero-order valence-electron chi connectivity index (χ0n) is 22.1. The van der Waals surface area contributed by atoms with Crippen LogP contribution in [0.4, 0.5) is 11.4 Å². The Bertz CT molecular complexity index is 1730. The number of nitrogens with one attached hydrogen (secondary N) is 2. The lowest BCUT2D eigenvalue weighted by Crippen LogP contribution is -2.39. The van der Waals surface area contributed by atoms with Crippen LogP contribution in [0.15, 0.2) is 107 Å². The minimum atomic E-state index is -4.10. The van der Waals surface area contributed by atoms with Crippen LogP contribution in [0.5, 0.6) is 0 Å². The molecule has 0 aromatic heterocycles. The van der Waals surface area contributed by atoms with Crippen LogP contribution in [0.25, 0.3) is 0 Å². The van der Waals surface area contributed by atoms with Crippen LogP contribution in [0.2, 0.25) is 10.0 Å². The van der Waals surface area contributed by atoms with Crippen molar-refractivity contribution in [2.24, 2.45) is 5.10 Å². The van der Waals surface area contributed by atoms with Gasteiger partial charge in [-0.2, -0.15) is 5.10 Å². The van der Waals surface area contributed by atoms with Gasteiger partial charge in [0.05, 0.1) is 16.3 Å². The highest BCUT2D eigenvalue weighted by Gasteiger charge is 2.27. The Morgan fingerprint density at radius 2 is 1.56 bits per heavy atom. The standard InChI is InChI=1S/C30H26Cl2N4O4S/c1-20-14-15-26(18-28(20)32)36(41(39,40)27-12-4-3-5-13-27)19-29(37)35-34-21(2)22-8-7-11-25(17-22)33-30(38)23-9-6-10-24(31)16-23/h3-18H,19H2,1-2H3,(H,33,38)(H,35,37)/b34-21+. The maximum absolute atomic E-state index is 13.5. The van der Waals surface area contributed by atoms with Crippen molar-refractivity contribution in [1.82, 2.24) is 5.43 Å². The molecule has 0 aliphatic rings. The van der Waals surface area contributed by atoms with Gasteiger partial charge in [-0.15, -0.1) is 0 Å². The molecule has 0 fully saturated rings. The van der Waals surface area contributed by atoms with E-state index in [1.165, 1.54) is 18.2 Å². The summed E-state index contributed by atoms with van der Waals surface area (Å²) in [5, 5.41) is 7.78. The molecule has 0 spiro atoms. The fourth-order valence-electron chi connectivity index (χ4n) is 3.80. The van der Waals surface area contributed by atoms with Gasteiger partial charge in [-0.1, -0.05) is 65.7 Å². The van der Waals surface area contributed by atoms with Crippen molar-refractivity contribution >= 4 is 62.1 Å². The molecule has 41 heavy (non-hydrogen) atoms. The minimum absolute atomic E-state index is 0.0285. The normalized spacial score (nSPS) is 11.6. The number of hydrogen-bond donors (Lipinski definition) is 2. The summed E-state index contributed by atoms with van der Waals surface area (Å²) in [6.45, 7) is 2.93. The van der Waals surface area contributed by atoms with E-state index in [1.54, 1.807) is 92.7 Å². The van der Waals surface area contributed by atoms with E-state index in [0.717, 1.165) is 9.87 Å². The molecule has 0 atom stereocenters. The largest absolute Gasteiger partial charge is 0.322 e. The number of halogens is 2. The second-order valence-electron chi connectivity index (χ2n) is 9.04. The van der Waals surface area contributed by atoms with E-state index in [9.17, 15) is 18.0 Å². The van der Waals surface area contributed by atoms with Crippen molar-refractivity contribution in [3.8, 4) is 0 Å². The van der Waals surface area contributed by atoms with Gasteiger partial charge in [0.2, 0.25) is 0 Å². The van der Waals surface area contributed by atoms with Gasteiger partial charge in [0.25, 0.3) is 21.8 Å². The summed E-state index contributed by atoms with van der Waals surface area (Å²) in [4.78, 5) is 25.6. The lowest BCUT2D eigenvalue weighted by atomic mass is 10.1. The molecule has 4 aromatic rings. The van der Waals surface area contributed by atoms with Crippen molar-refractivity contribution in [3.63, 3.8) is 0 Å². The van der Waals surface area contributed by atoms with Crippen molar-refractivity contribution in [2.75, 3.05) is 16.2 Å². The molecule has 0 aliphatic carbocycles. The molecule has 8 nitrogen and oxygen atoms in total. The van der Waals surface area contributed by atoms with Crippen molar-refractivity contribution in [1.29, 1.82) is 0 Å². The third-order valence-electron chi connectivity index (χ3n) is 6.04. The van der Waals surface area contributed by atoms with E-state index >= 15 is 0 Å². The van der Waals surface area contributed by atoms with Crippen LogP contribution in [0.1, 0.15) is 28.4 Å². The number of amides is 2. The lowest BCUT2D eigenvalue weighted by molar-refractivity contribution is -0.119. The molecular weight excluding hydrogens is 583 g/mol. The summed E-state index contributed by atoms with van der Waals surface area (Å²) in [5.41, 5.74) is 5.43. The van der Waals surface area contributed by atoms with Crippen molar-refractivity contribution in [3.05, 3.63) is 124 Å². The number of rotatable bonds is 9. The Labute approximate surface area is 248 Å². The number of anilines is 2. The highest BCUT2D eigenvalue weighted by atomic mass is 35.5. The van der Waals surface area contributed by atoms with Gasteiger partial charge in [-0.05, 0) is 79.6 Å². The summed E-state index contributed by atoms with van der Waals surface area (Å²) in [6, 6.07) is 26.1. The monoisotopic (exact) mass is 608 g/mol. The van der Waals surface area contributed by atoms with E-state index in [-0.39, 0.29) is 16.5 Å². The lowest BCUT2D eigenvalue weighted by Gasteiger charge is -2.24. The predicted molar refractivity (Wildman–Crippen MR) is 163 cm³/mol. The van der Waals surface area contributed by atoms with Gasteiger partial charge >= 0.3 is 0 Å². The number of hydrazone groups is 1. The highest BCUT2D eigenvalue weighted by molar-refractivity contribution is 7.92. The van der Waals surface area contributed by atoms with Crippen LogP contribution >= 0.6 is 23.2 Å². The van der Waals surface area contributed by atoms with Crippen LogP contribution in [-0.4, -0.2) is 32.5 Å². The van der Waals surface area contributed by atoms with Gasteiger partial charge in [-0.3, -0.25) is 13.9 Å². The Hall–Kier alpha value is -4.18. The van der Waals surface area contributed by atoms with Gasteiger partial charge in [0.1, 0.15) is 6.54 Å². The summed E-state index contributed by atoms with van der Waals surface area (Å²) >= 11 is 12.3. The number of aryl methyl sites for hydroxylation is 1. The topological polar surface area (TPSA) is 108 Å². The van der Waals surface area contributed by atoms with Crippen LogP contribution in [-0.2, 0) is 14.8 Å². The Kier molecular flexibility index (Phi) is 9.44. The first kappa shape index (κ1) is 29.8. The average molecular weight is 610 g/mol. The third-order valence-corrected chi connectivity index (χ3v) is 8.47. The predicted octanol–water partition coefficient (Wildman–Crippen LogP) is 6.29. The number of sulfonamides is 1. The highest BCUT2D eigenvalue weighted by Crippen LogP contribution is 2.28. The van der Waals surface area contributed by atoms with E-state index in [4.69, 9.17) is 23.2 Å².